The molecule has 2 amide bonds. The lowest BCUT2D eigenvalue weighted by Gasteiger charge is -2.10. The zero-order valence-corrected chi connectivity index (χ0v) is 15.5. The fourth-order valence-electron chi connectivity index (χ4n) is 3.37. The summed E-state index contributed by atoms with van der Waals surface area (Å²) in [6, 6.07) is 12.7. The minimum absolute atomic E-state index is 0.0311. The Morgan fingerprint density at radius 3 is 2.50 bits per heavy atom. The molecule has 4 rings (SSSR count). The molecule has 2 heterocycles. The first-order valence-electron chi connectivity index (χ1n) is 8.95. The Balaban J connectivity index is 1.57. The van der Waals surface area contributed by atoms with Gasteiger partial charge in [0.15, 0.2) is 0 Å². The van der Waals surface area contributed by atoms with Crippen molar-refractivity contribution in [3.63, 3.8) is 0 Å². The van der Waals surface area contributed by atoms with Crippen molar-refractivity contribution in [2.75, 3.05) is 10.6 Å². The largest absolute Gasteiger partial charge is 0.326 e. The van der Waals surface area contributed by atoms with Gasteiger partial charge in [-0.3, -0.25) is 9.59 Å². The van der Waals surface area contributed by atoms with E-state index in [9.17, 15) is 14.0 Å². The minimum atomic E-state index is -0.728. The van der Waals surface area contributed by atoms with E-state index in [1.165, 1.54) is 12.1 Å². The van der Waals surface area contributed by atoms with Crippen LogP contribution < -0.4 is 10.6 Å². The molecule has 0 bridgehead atoms. The Bertz CT molecular complexity index is 1060. The fraction of sp³-hybridized carbons (Fsp3) is 0.190. The third-order valence-electron chi connectivity index (χ3n) is 4.77. The predicted molar refractivity (Wildman–Crippen MR) is 104 cm³/mol. The van der Waals surface area contributed by atoms with Crippen molar-refractivity contribution in [3.8, 4) is 11.1 Å². The van der Waals surface area contributed by atoms with E-state index in [0.29, 0.717) is 17.2 Å². The molecule has 0 saturated heterocycles. The summed E-state index contributed by atoms with van der Waals surface area (Å²) in [6.07, 6.45) is -0.0311. The molecule has 0 radical (unpaired) electrons. The smallest absolute Gasteiger partial charge is 0.251 e. The van der Waals surface area contributed by atoms with Crippen LogP contribution in [0.4, 0.5) is 15.9 Å². The second-order valence-corrected chi connectivity index (χ2v) is 6.88. The normalized spacial score (nSPS) is 15.2. The number of fused-ring (bicyclic) bond motifs is 1. The number of aryl methyl sites for hydroxylation is 2. The van der Waals surface area contributed by atoms with Gasteiger partial charge in [-0.15, -0.1) is 0 Å². The van der Waals surface area contributed by atoms with Gasteiger partial charge in [-0.2, -0.15) is 5.10 Å². The van der Waals surface area contributed by atoms with Crippen molar-refractivity contribution < 1.29 is 14.0 Å². The van der Waals surface area contributed by atoms with Crippen molar-refractivity contribution in [1.29, 1.82) is 0 Å². The highest BCUT2D eigenvalue weighted by Gasteiger charge is 2.36. The Kier molecular flexibility index (Phi) is 4.43. The number of carbonyl (C=O) groups excluding carboxylic acids is 2. The summed E-state index contributed by atoms with van der Waals surface area (Å²) in [4.78, 5) is 24.9. The van der Waals surface area contributed by atoms with Gasteiger partial charge in [-0.25, -0.2) is 9.07 Å². The molecule has 0 aliphatic carbocycles. The van der Waals surface area contributed by atoms with Crippen LogP contribution in [0.1, 0.15) is 23.7 Å². The number of nitrogens with zero attached hydrogens (tertiary/aromatic N) is 2. The van der Waals surface area contributed by atoms with Gasteiger partial charge >= 0.3 is 0 Å². The van der Waals surface area contributed by atoms with Crippen molar-refractivity contribution in [1.82, 2.24) is 9.78 Å². The highest BCUT2D eigenvalue weighted by molar-refractivity contribution is 6.04. The molecule has 2 aromatic carbocycles. The van der Waals surface area contributed by atoms with Gasteiger partial charge in [0, 0.05) is 11.3 Å². The third-order valence-corrected chi connectivity index (χ3v) is 4.77. The third kappa shape index (κ3) is 3.26. The first-order valence-corrected chi connectivity index (χ1v) is 8.95. The molecule has 1 unspecified atom stereocenters. The molecule has 142 valence electrons. The van der Waals surface area contributed by atoms with Crippen LogP contribution >= 0.6 is 0 Å². The van der Waals surface area contributed by atoms with E-state index in [2.05, 4.69) is 15.7 Å². The Labute approximate surface area is 161 Å². The molecule has 28 heavy (non-hydrogen) atoms. The molecule has 1 aliphatic heterocycles. The quantitative estimate of drug-likeness (QED) is 0.724. The molecular weight excluding hydrogens is 359 g/mol. The highest BCUT2D eigenvalue weighted by atomic mass is 19.1. The molecule has 0 spiro atoms. The topological polar surface area (TPSA) is 76.0 Å². The van der Waals surface area contributed by atoms with Crippen LogP contribution in [0.15, 0.2) is 48.5 Å². The number of amides is 2. The number of rotatable bonds is 4. The summed E-state index contributed by atoms with van der Waals surface area (Å²) >= 11 is 0. The molecule has 0 saturated carbocycles. The van der Waals surface area contributed by atoms with Crippen LogP contribution in [-0.2, 0) is 9.59 Å². The van der Waals surface area contributed by atoms with Crippen molar-refractivity contribution in [2.24, 2.45) is 0 Å². The van der Waals surface area contributed by atoms with E-state index in [-0.39, 0.29) is 24.1 Å². The molecule has 7 heteroatoms. The van der Waals surface area contributed by atoms with E-state index in [1.807, 2.05) is 38.1 Å². The van der Waals surface area contributed by atoms with Crippen molar-refractivity contribution in [2.45, 2.75) is 26.3 Å². The van der Waals surface area contributed by atoms with Crippen LogP contribution in [-0.4, -0.2) is 21.6 Å². The molecule has 1 atom stereocenters. The van der Waals surface area contributed by atoms with Gasteiger partial charge in [-0.05, 0) is 43.7 Å². The first kappa shape index (κ1) is 17.9. The monoisotopic (exact) mass is 378 g/mol. The molecular formula is C21H19FN4O2. The maximum Gasteiger partial charge on any atom is 0.251 e. The number of anilines is 2. The van der Waals surface area contributed by atoms with Crippen LogP contribution in [0.5, 0.6) is 0 Å². The fourth-order valence-corrected chi connectivity index (χ4v) is 3.37. The van der Waals surface area contributed by atoms with Crippen LogP contribution in [0.25, 0.3) is 11.1 Å². The van der Waals surface area contributed by atoms with Crippen molar-refractivity contribution in [3.05, 3.63) is 65.6 Å². The van der Waals surface area contributed by atoms with Crippen LogP contribution in [0.2, 0.25) is 0 Å². The molecule has 6 nitrogen and oxygen atoms in total. The maximum atomic E-state index is 13.2. The lowest BCUT2D eigenvalue weighted by Crippen LogP contribution is -2.23. The number of aromatic nitrogens is 2. The molecule has 0 fully saturated rings. The average molecular weight is 378 g/mol. The van der Waals surface area contributed by atoms with Gasteiger partial charge in [0.2, 0.25) is 5.91 Å². The lowest BCUT2D eigenvalue weighted by atomic mass is 10.1. The van der Waals surface area contributed by atoms with Crippen molar-refractivity contribution >= 4 is 23.3 Å². The first-order chi connectivity index (χ1) is 13.4. The van der Waals surface area contributed by atoms with E-state index in [1.54, 1.807) is 16.8 Å². The van der Waals surface area contributed by atoms with Crippen LogP contribution in [0.3, 0.4) is 0 Å². The Morgan fingerprint density at radius 1 is 1.14 bits per heavy atom. The number of hydrogen-bond donors (Lipinski definition) is 2. The van der Waals surface area contributed by atoms with E-state index in [4.69, 9.17) is 0 Å². The number of carbonyl (C=O) groups is 2. The summed E-state index contributed by atoms with van der Waals surface area (Å²) in [5.41, 5.74) is 3.96. The zero-order valence-electron chi connectivity index (χ0n) is 15.5. The van der Waals surface area contributed by atoms with Gasteiger partial charge < -0.3 is 10.6 Å². The molecule has 3 aromatic rings. The van der Waals surface area contributed by atoms with Crippen LogP contribution in [0, 0.1) is 19.7 Å². The second-order valence-electron chi connectivity index (χ2n) is 6.88. The molecule has 1 aliphatic rings. The maximum absolute atomic E-state index is 13.2. The Hall–Kier alpha value is -3.48. The summed E-state index contributed by atoms with van der Waals surface area (Å²) in [6.45, 7) is 3.79. The van der Waals surface area contributed by atoms with E-state index < -0.39 is 6.04 Å². The number of hydrogen-bond acceptors (Lipinski definition) is 3. The summed E-state index contributed by atoms with van der Waals surface area (Å²) in [7, 11) is 0. The highest BCUT2D eigenvalue weighted by Crippen LogP contribution is 2.38. The van der Waals surface area contributed by atoms with Gasteiger partial charge in [0.25, 0.3) is 5.91 Å². The summed E-state index contributed by atoms with van der Waals surface area (Å²) in [5, 5.41) is 10.1. The summed E-state index contributed by atoms with van der Waals surface area (Å²) in [5.74, 6) is -0.361. The zero-order chi connectivity index (χ0) is 19.8. The van der Waals surface area contributed by atoms with Gasteiger partial charge in [-0.1, -0.05) is 29.8 Å². The number of halogens is 1. The van der Waals surface area contributed by atoms with Gasteiger partial charge in [0.05, 0.1) is 12.1 Å². The number of nitrogens with one attached hydrogen (secondary N) is 2. The number of benzene rings is 2. The predicted octanol–water partition coefficient (Wildman–Crippen LogP) is 3.83. The Morgan fingerprint density at radius 2 is 1.82 bits per heavy atom. The molecule has 1 aromatic heterocycles. The van der Waals surface area contributed by atoms with E-state index >= 15 is 0 Å². The SMILES string of the molecule is Cc1ccc(NC(=O)CC2C(=O)Nc3c(-c4ccc(F)cc4)c(C)nn32)cc1. The second kappa shape index (κ2) is 6.92. The molecule has 2 N–H and O–H groups in total. The summed E-state index contributed by atoms with van der Waals surface area (Å²) < 4.78 is 14.8. The van der Waals surface area contributed by atoms with Gasteiger partial charge in [0.1, 0.15) is 17.7 Å². The average Bonchev–Trinajstić information content (AvgIpc) is 3.12. The minimum Gasteiger partial charge on any atom is -0.326 e. The lowest BCUT2D eigenvalue weighted by molar-refractivity contribution is -0.123. The van der Waals surface area contributed by atoms with E-state index in [0.717, 1.165) is 16.7 Å². The standard InChI is InChI=1S/C21H19FN4O2/c1-12-3-9-16(10-4-12)23-18(27)11-17-21(28)24-20-19(13(2)25-26(17)20)14-5-7-15(22)8-6-14/h3-10,17H,11H2,1-2H3,(H,23,27)(H,24,28).